The van der Waals surface area contributed by atoms with Crippen molar-refractivity contribution in [2.24, 2.45) is 5.73 Å². The van der Waals surface area contributed by atoms with Crippen molar-refractivity contribution in [3.05, 3.63) is 36.4 Å². The fourth-order valence-corrected chi connectivity index (χ4v) is 2.08. The molecule has 3 N–H and O–H groups in total. The first-order valence-corrected chi connectivity index (χ1v) is 6.45. The van der Waals surface area contributed by atoms with Crippen LogP contribution in [0.1, 0.15) is 1.43 Å². The van der Waals surface area contributed by atoms with Gasteiger partial charge in [0.05, 0.1) is 0 Å². The van der Waals surface area contributed by atoms with E-state index in [0.29, 0.717) is 18.8 Å². The quantitative estimate of drug-likeness (QED) is 0.517. The summed E-state index contributed by atoms with van der Waals surface area (Å²) in [4.78, 5) is 0. The van der Waals surface area contributed by atoms with E-state index < -0.39 is 11.4 Å². The molecule has 5 nitrogen and oxygen atoms in total. The van der Waals surface area contributed by atoms with E-state index in [2.05, 4.69) is 5.32 Å². The molecule has 2 rings (SSSR count). The third kappa shape index (κ3) is 4.17. The van der Waals surface area contributed by atoms with Gasteiger partial charge >= 0.3 is 29.6 Å². The van der Waals surface area contributed by atoms with Crippen LogP contribution in [0.2, 0.25) is 0 Å². The van der Waals surface area contributed by atoms with Gasteiger partial charge in [-0.05, 0) is 12.1 Å². The first kappa shape index (κ1) is 16.4. The van der Waals surface area contributed by atoms with Gasteiger partial charge in [-0.3, -0.25) is 0 Å². The summed E-state index contributed by atoms with van der Waals surface area (Å²) in [5, 5.41) is 4.82. The summed E-state index contributed by atoms with van der Waals surface area (Å²) in [6.45, 7) is 1.18. The number of hydrogen-bond acceptors (Lipinski definition) is 5. The van der Waals surface area contributed by atoms with E-state index in [9.17, 15) is 8.76 Å². The number of hydrogen-bond donors (Lipinski definition) is 2. The molecule has 0 saturated carbocycles. The molecule has 0 heterocycles. The van der Waals surface area contributed by atoms with Gasteiger partial charge in [-0.15, -0.1) is 0 Å². The number of nitrogens with one attached hydrogen (secondary N) is 1. The number of rotatable bonds is 5. The van der Waals surface area contributed by atoms with Crippen LogP contribution in [0.15, 0.2) is 36.4 Å². The fraction of sp³-hybridized carbons (Fsp3) is 0.167. The molecule has 0 bridgehead atoms. The Hall–Kier alpha value is -0.630. The molecule has 0 aromatic heterocycles. The standard InChI is InChI=1S/C12H14N2O3S.Na.H/c13-7-8-14-11-5-1-4-10-9(11)3-2-6-12(10)17-18(15)16;;/h1-6,14H,7-8,13H2,(H,15,16);;/q;+1;-1/p-1. The number of nitrogens with two attached hydrogens (primary N) is 1. The van der Waals surface area contributed by atoms with Crippen LogP contribution in [0.4, 0.5) is 5.69 Å². The van der Waals surface area contributed by atoms with Gasteiger partial charge in [0, 0.05) is 29.5 Å². The predicted octanol–water partition coefficient (Wildman–Crippen LogP) is -1.50. The Morgan fingerprint density at radius 3 is 2.63 bits per heavy atom. The van der Waals surface area contributed by atoms with Crippen molar-refractivity contribution < 1.29 is 43.9 Å². The third-order valence-electron chi connectivity index (χ3n) is 2.50. The van der Waals surface area contributed by atoms with Gasteiger partial charge in [-0.1, -0.05) is 24.3 Å². The summed E-state index contributed by atoms with van der Waals surface area (Å²) in [5.41, 5.74) is 6.35. The summed E-state index contributed by atoms with van der Waals surface area (Å²) < 4.78 is 26.0. The zero-order chi connectivity index (χ0) is 13.0. The molecule has 0 spiro atoms. The van der Waals surface area contributed by atoms with Crippen LogP contribution in [-0.4, -0.2) is 21.9 Å². The summed E-state index contributed by atoms with van der Waals surface area (Å²) in [7, 11) is 0. The van der Waals surface area contributed by atoms with Crippen molar-refractivity contribution >= 4 is 27.8 Å². The Morgan fingerprint density at radius 2 is 1.95 bits per heavy atom. The molecule has 0 radical (unpaired) electrons. The third-order valence-corrected chi connectivity index (χ3v) is 2.82. The van der Waals surface area contributed by atoms with Crippen LogP contribution in [0.25, 0.3) is 10.8 Å². The van der Waals surface area contributed by atoms with E-state index in [-0.39, 0.29) is 31.0 Å². The van der Waals surface area contributed by atoms with E-state index in [4.69, 9.17) is 9.92 Å². The Balaban J connectivity index is 0.00000180. The summed E-state index contributed by atoms with van der Waals surface area (Å²) in [5.74, 6) is 0.317. The minimum atomic E-state index is -2.57. The molecule has 1 atom stereocenters. The molecular weight excluding hydrogens is 275 g/mol. The van der Waals surface area contributed by atoms with Crippen LogP contribution in [0, 0.1) is 0 Å². The van der Waals surface area contributed by atoms with Gasteiger partial charge in [0.1, 0.15) is 17.1 Å². The number of benzene rings is 2. The van der Waals surface area contributed by atoms with Crippen molar-refractivity contribution in [3.8, 4) is 5.75 Å². The molecule has 1 unspecified atom stereocenters. The van der Waals surface area contributed by atoms with Gasteiger partial charge < -0.3 is 21.2 Å². The van der Waals surface area contributed by atoms with Crippen molar-refractivity contribution in [1.29, 1.82) is 0 Å². The second kappa shape index (κ2) is 7.84. The topological polar surface area (TPSA) is 87.4 Å². The van der Waals surface area contributed by atoms with Crippen LogP contribution in [0.3, 0.4) is 0 Å². The molecule has 0 fully saturated rings. The van der Waals surface area contributed by atoms with Gasteiger partial charge in [0.25, 0.3) is 0 Å². The average Bonchev–Trinajstić information content (AvgIpc) is 2.36. The molecule has 98 valence electrons. The first-order chi connectivity index (χ1) is 8.72. The summed E-state index contributed by atoms with van der Waals surface area (Å²) in [6, 6.07) is 10.8. The van der Waals surface area contributed by atoms with Crippen molar-refractivity contribution in [3.63, 3.8) is 0 Å². The average molecular weight is 289 g/mol. The van der Waals surface area contributed by atoms with E-state index >= 15 is 0 Å². The number of fused-ring (bicyclic) bond motifs is 1. The maximum atomic E-state index is 10.6. The molecule has 0 aliphatic rings. The molecule has 0 amide bonds. The molecular formula is C12H14N2NaO3S-. The Bertz CT molecular complexity index is 586. The van der Waals surface area contributed by atoms with E-state index in [1.165, 1.54) is 0 Å². The molecule has 0 aliphatic carbocycles. The number of anilines is 1. The Kier molecular flexibility index (Phi) is 6.78. The zero-order valence-corrected chi connectivity index (χ0v) is 13.4. The van der Waals surface area contributed by atoms with Crippen LogP contribution in [0.5, 0.6) is 5.75 Å². The monoisotopic (exact) mass is 289 g/mol. The Morgan fingerprint density at radius 1 is 1.26 bits per heavy atom. The minimum Gasteiger partial charge on any atom is -1.00 e. The van der Waals surface area contributed by atoms with Gasteiger partial charge in [-0.25, -0.2) is 4.21 Å². The second-order valence-electron chi connectivity index (χ2n) is 3.66. The largest absolute Gasteiger partial charge is 1.00 e. The molecule has 7 heteroatoms. The first-order valence-electron chi connectivity index (χ1n) is 5.45. The molecule has 19 heavy (non-hydrogen) atoms. The Labute approximate surface area is 137 Å². The van der Waals surface area contributed by atoms with Gasteiger partial charge in [-0.2, -0.15) is 0 Å². The van der Waals surface area contributed by atoms with Gasteiger partial charge in [0.15, 0.2) is 0 Å². The smallest absolute Gasteiger partial charge is 1.00 e. The van der Waals surface area contributed by atoms with Gasteiger partial charge in [0.2, 0.25) is 0 Å². The van der Waals surface area contributed by atoms with E-state index in [1.54, 1.807) is 12.1 Å². The van der Waals surface area contributed by atoms with E-state index in [1.807, 2.05) is 24.3 Å². The van der Waals surface area contributed by atoms with Crippen LogP contribution < -0.4 is 44.8 Å². The predicted molar refractivity (Wildman–Crippen MR) is 72.2 cm³/mol. The molecule has 0 aliphatic heterocycles. The maximum absolute atomic E-state index is 10.6. The normalized spacial score (nSPS) is 11.7. The molecule has 0 saturated heterocycles. The molecule has 2 aromatic carbocycles. The molecule has 2 aromatic rings. The van der Waals surface area contributed by atoms with Crippen molar-refractivity contribution in [1.82, 2.24) is 0 Å². The SMILES string of the molecule is NCCNc1cccc2c(OS(=O)[O-])cccc12.[H-].[Na+]. The van der Waals surface area contributed by atoms with Crippen LogP contribution >= 0.6 is 0 Å². The zero-order valence-electron chi connectivity index (χ0n) is 11.6. The van der Waals surface area contributed by atoms with Crippen LogP contribution in [-0.2, 0) is 11.4 Å². The fourth-order valence-electron chi connectivity index (χ4n) is 1.79. The summed E-state index contributed by atoms with van der Waals surface area (Å²) >= 11 is -2.57. The van der Waals surface area contributed by atoms with Crippen molar-refractivity contribution in [2.75, 3.05) is 18.4 Å². The summed E-state index contributed by atoms with van der Waals surface area (Å²) in [6.07, 6.45) is 0. The maximum Gasteiger partial charge on any atom is 1.00 e. The van der Waals surface area contributed by atoms with E-state index in [0.717, 1.165) is 16.5 Å². The van der Waals surface area contributed by atoms with Crippen molar-refractivity contribution in [2.45, 2.75) is 0 Å². The minimum absolute atomic E-state index is 0. The second-order valence-corrected chi connectivity index (χ2v) is 4.23.